The molecule has 1 amide bonds. The molecule has 0 radical (unpaired) electrons. The molecule has 0 unspecified atom stereocenters. The normalized spacial score (nSPS) is 10.7. The number of hydrogen-bond acceptors (Lipinski definition) is 6. The zero-order valence-corrected chi connectivity index (χ0v) is 16.7. The van der Waals surface area contributed by atoms with E-state index in [1.807, 2.05) is 12.1 Å². The zero-order valence-electron chi connectivity index (χ0n) is 16.7. The summed E-state index contributed by atoms with van der Waals surface area (Å²) in [5.74, 6) is 0.221. The van der Waals surface area contributed by atoms with Crippen molar-refractivity contribution in [3.8, 4) is 5.75 Å². The summed E-state index contributed by atoms with van der Waals surface area (Å²) < 4.78 is 6.89. The van der Waals surface area contributed by atoms with Crippen molar-refractivity contribution < 1.29 is 9.53 Å². The molecule has 9 nitrogen and oxygen atoms in total. The molecule has 4 aromatic rings. The number of aromatic amines is 1. The van der Waals surface area contributed by atoms with Crippen LogP contribution < -0.4 is 21.3 Å². The fourth-order valence-corrected chi connectivity index (χ4v) is 3.10. The van der Waals surface area contributed by atoms with Crippen molar-refractivity contribution >= 4 is 22.6 Å². The Morgan fingerprint density at radius 2 is 1.94 bits per heavy atom. The van der Waals surface area contributed by atoms with Gasteiger partial charge in [-0.2, -0.15) is 0 Å². The van der Waals surface area contributed by atoms with Crippen LogP contribution in [0.25, 0.3) is 10.9 Å². The average Bonchev–Trinajstić information content (AvgIpc) is 2.79. The number of H-pyrrole nitrogens is 1. The van der Waals surface area contributed by atoms with Gasteiger partial charge in [0, 0.05) is 30.7 Å². The van der Waals surface area contributed by atoms with E-state index in [4.69, 9.17) is 4.74 Å². The molecule has 0 spiro atoms. The lowest BCUT2D eigenvalue weighted by molar-refractivity contribution is 0.102. The number of anilines is 1. The first-order valence-corrected chi connectivity index (χ1v) is 9.61. The van der Waals surface area contributed by atoms with Gasteiger partial charge in [-0.3, -0.25) is 19.1 Å². The van der Waals surface area contributed by atoms with Gasteiger partial charge in [-0.25, -0.2) is 9.78 Å². The molecule has 4 rings (SSSR count). The van der Waals surface area contributed by atoms with Crippen LogP contribution >= 0.6 is 0 Å². The molecule has 0 aliphatic heterocycles. The molecule has 2 N–H and O–H groups in total. The second kappa shape index (κ2) is 8.62. The van der Waals surface area contributed by atoms with E-state index in [2.05, 4.69) is 20.3 Å². The topological polar surface area (TPSA) is 119 Å². The number of ether oxygens (including phenoxy) is 1. The van der Waals surface area contributed by atoms with E-state index < -0.39 is 17.2 Å². The lowest BCUT2D eigenvalue weighted by Gasteiger charge is -2.12. The van der Waals surface area contributed by atoms with Crippen LogP contribution in [0.15, 0.2) is 70.6 Å². The third kappa shape index (κ3) is 4.20. The Morgan fingerprint density at radius 1 is 1.13 bits per heavy atom. The summed E-state index contributed by atoms with van der Waals surface area (Å²) in [5, 5.41) is 3.05. The lowest BCUT2D eigenvalue weighted by Crippen LogP contribution is -2.34. The lowest BCUT2D eigenvalue weighted by atomic mass is 10.1. The highest BCUT2D eigenvalue weighted by atomic mass is 16.5. The number of carbonyl (C=O) groups excluding carboxylic acids is 1. The minimum absolute atomic E-state index is 0.258. The van der Waals surface area contributed by atoms with Gasteiger partial charge >= 0.3 is 5.69 Å². The Kier molecular flexibility index (Phi) is 5.57. The molecule has 0 atom stereocenters. The van der Waals surface area contributed by atoms with E-state index in [0.29, 0.717) is 16.7 Å². The van der Waals surface area contributed by atoms with Crippen molar-refractivity contribution in [2.24, 2.45) is 0 Å². The monoisotopic (exact) mass is 417 g/mol. The highest BCUT2D eigenvalue weighted by Gasteiger charge is 2.14. The number of fused-ring (bicyclic) bond motifs is 1. The van der Waals surface area contributed by atoms with E-state index in [-0.39, 0.29) is 24.5 Å². The Bertz CT molecular complexity index is 1360. The number of benzene rings is 1. The molecule has 0 saturated heterocycles. The maximum atomic E-state index is 12.8. The SMILES string of the molecule is CCn1c(=O)[nH]c2cc(C(=O)Nc3ncccc3OCc3ccncc3)ccc2c1=O. The minimum Gasteiger partial charge on any atom is -0.485 e. The summed E-state index contributed by atoms with van der Waals surface area (Å²) in [6.45, 7) is 2.26. The number of aromatic nitrogens is 4. The van der Waals surface area contributed by atoms with E-state index in [1.165, 1.54) is 18.2 Å². The van der Waals surface area contributed by atoms with E-state index in [9.17, 15) is 14.4 Å². The third-order valence-corrected chi connectivity index (χ3v) is 4.71. The van der Waals surface area contributed by atoms with Crippen molar-refractivity contribution in [3.63, 3.8) is 0 Å². The molecule has 3 heterocycles. The van der Waals surface area contributed by atoms with E-state index in [1.54, 1.807) is 37.6 Å². The number of nitrogens with zero attached hydrogens (tertiary/aromatic N) is 3. The summed E-state index contributed by atoms with van der Waals surface area (Å²) in [4.78, 5) is 48.0. The van der Waals surface area contributed by atoms with Crippen LogP contribution in [0, 0.1) is 0 Å². The first-order chi connectivity index (χ1) is 15.1. The number of carbonyl (C=O) groups is 1. The molecule has 0 fully saturated rings. The fourth-order valence-electron chi connectivity index (χ4n) is 3.10. The molecule has 0 saturated carbocycles. The maximum absolute atomic E-state index is 12.8. The third-order valence-electron chi connectivity index (χ3n) is 4.71. The van der Waals surface area contributed by atoms with Gasteiger partial charge in [0.15, 0.2) is 11.6 Å². The minimum atomic E-state index is -0.519. The van der Waals surface area contributed by atoms with Gasteiger partial charge in [-0.1, -0.05) is 0 Å². The summed E-state index contributed by atoms with van der Waals surface area (Å²) in [5.41, 5.74) is 0.566. The smallest absolute Gasteiger partial charge is 0.328 e. The van der Waals surface area contributed by atoms with E-state index >= 15 is 0 Å². The quantitative estimate of drug-likeness (QED) is 0.497. The van der Waals surface area contributed by atoms with Gasteiger partial charge in [0.1, 0.15) is 6.61 Å². The molecule has 1 aromatic carbocycles. The Morgan fingerprint density at radius 3 is 2.71 bits per heavy atom. The van der Waals surface area contributed by atoms with Gasteiger partial charge in [0.05, 0.1) is 10.9 Å². The first-order valence-electron chi connectivity index (χ1n) is 9.61. The van der Waals surface area contributed by atoms with Gasteiger partial charge in [0.2, 0.25) is 0 Å². The fraction of sp³-hybridized carbons (Fsp3) is 0.136. The van der Waals surface area contributed by atoms with Crippen LogP contribution in [0.3, 0.4) is 0 Å². The summed E-state index contributed by atoms with van der Waals surface area (Å²) in [6, 6.07) is 11.6. The predicted octanol–water partition coefficient (Wildman–Crippen LogP) is 2.33. The van der Waals surface area contributed by atoms with Gasteiger partial charge in [0.25, 0.3) is 11.5 Å². The predicted molar refractivity (Wildman–Crippen MR) is 115 cm³/mol. The van der Waals surface area contributed by atoms with Crippen molar-refractivity contribution in [2.45, 2.75) is 20.1 Å². The second-order valence-corrected chi connectivity index (χ2v) is 6.69. The van der Waals surface area contributed by atoms with Crippen molar-refractivity contribution in [2.75, 3.05) is 5.32 Å². The Labute approximate surface area is 176 Å². The largest absolute Gasteiger partial charge is 0.485 e. The molecule has 9 heteroatoms. The highest BCUT2D eigenvalue weighted by Crippen LogP contribution is 2.23. The number of pyridine rings is 2. The number of amides is 1. The summed E-state index contributed by atoms with van der Waals surface area (Å²) in [7, 11) is 0. The molecule has 0 aliphatic carbocycles. The maximum Gasteiger partial charge on any atom is 0.328 e. The van der Waals surface area contributed by atoms with E-state index in [0.717, 1.165) is 10.1 Å². The Balaban J connectivity index is 1.58. The summed E-state index contributed by atoms with van der Waals surface area (Å²) >= 11 is 0. The first kappa shape index (κ1) is 20.0. The highest BCUT2D eigenvalue weighted by molar-refractivity contribution is 6.06. The molecule has 0 bridgehead atoms. The average molecular weight is 417 g/mol. The van der Waals surface area contributed by atoms with Crippen molar-refractivity contribution in [3.05, 3.63) is 93.0 Å². The number of rotatable bonds is 6. The summed E-state index contributed by atoms with van der Waals surface area (Å²) in [6.07, 6.45) is 4.88. The molecule has 31 heavy (non-hydrogen) atoms. The molecule has 0 aliphatic rings. The van der Waals surface area contributed by atoms with Crippen LogP contribution in [-0.4, -0.2) is 25.4 Å². The number of nitrogens with one attached hydrogen (secondary N) is 2. The molecule has 156 valence electrons. The number of hydrogen-bond donors (Lipinski definition) is 2. The Hall–Kier alpha value is -4.27. The van der Waals surface area contributed by atoms with Crippen LogP contribution in [0.5, 0.6) is 5.75 Å². The van der Waals surface area contributed by atoms with Gasteiger partial charge in [-0.15, -0.1) is 0 Å². The molecule has 3 aromatic heterocycles. The van der Waals surface area contributed by atoms with Crippen molar-refractivity contribution in [1.29, 1.82) is 0 Å². The van der Waals surface area contributed by atoms with Crippen LogP contribution in [-0.2, 0) is 13.2 Å². The van der Waals surface area contributed by atoms with Gasteiger partial charge in [-0.05, 0) is 55.0 Å². The van der Waals surface area contributed by atoms with Crippen molar-refractivity contribution in [1.82, 2.24) is 19.5 Å². The van der Waals surface area contributed by atoms with Crippen LogP contribution in [0.2, 0.25) is 0 Å². The molecular formula is C22H19N5O4. The standard InChI is InChI=1S/C22H19N5O4/c1-2-27-21(29)16-6-5-15(12-17(16)25-22(27)30)20(28)26-19-18(4-3-9-24-19)31-13-14-7-10-23-11-8-14/h3-12H,2,13H2,1H3,(H,25,30)(H,24,26,28). The zero-order chi connectivity index (χ0) is 21.8. The van der Waals surface area contributed by atoms with Crippen LogP contribution in [0.4, 0.5) is 5.82 Å². The molecular weight excluding hydrogens is 398 g/mol. The van der Waals surface area contributed by atoms with Gasteiger partial charge < -0.3 is 15.0 Å². The second-order valence-electron chi connectivity index (χ2n) is 6.69. The van der Waals surface area contributed by atoms with Crippen LogP contribution in [0.1, 0.15) is 22.8 Å².